The van der Waals surface area contributed by atoms with Crippen LogP contribution in [-0.2, 0) is 5.92 Å². The number of nitro benzene ring substituents is 1. The predicted molar refractivity (Wildman–Crippen MR) is 50.4 cm³/mol. The number of halogens is 2. The van der Waals surface area contributed by atoms with E-state index in [1.807, 2.05) is 0 Å². The van der Waals surface area contributed by atoms with Crippen molar-refractivity contribution in [3.63, 3.8) is 0 Å². The van der Waals surface area contributed by atoms with Crippen molar-refractivity contribution in [3.05, 3.63) is 33.9 Å². The summed E-state index contributed by atoms with van der Waals surface area (Å²) in [4.78, 5) is 9.54. The third-order valence-electron chi connectivity index (χ3n) is 2.01. The summed E-state index contributed by atoms with van der Waals surface area (Å²) in [5.74, 6) is -4.23. The number of phenols is 1. The average molecular weight is 233 g/mol. The van der Waals surface area contributed by atoms with Crippen LogP contribution in [0.2, 0.25) is 0 Å². The van der Waals surface area contributed by atoms with Crippen molar-refractivity contribution in [1.82, 2.24) is 0 Å². The fraction of sp³-hybridized carbons (Fsp3) is 0.333. The van der Waals surface area contributed by atoms with E-state index in [2.05, 4.69) is 0 Å². The van der Waals surface area contributed by atoms with Gasteiger partial charge in [-0.3, -0.25) is 10.1 Å². The Labute approximate surface area is 89.1 Å². The Bertz CT molecular complexity index is 408. The van der Waals surface area contributed by atoms with E-state index in [4.69, 9.17) is 5.11 Å². The minimum atomic E-state index is -3.50. The number of aromatic hydroxyl groups is 1. The Morgan fingerprint density at radius 3 is 2.56 bits per heavy atom. The number of aliphatic hydroxyl groups excluding tert-OH is 1. The molecule has 88 valence electrons. The molecule has 1 aromatic carbocycles. The van der Waals surface area contributed by atoms with Gasteiger partial charge in [0.1, 0.15) is 5.75 Å². The second-order valence-electron chi connectivity index (χ2n) is 3.14. The van der Waals surface area contributed by atoms with Gasteiger partial charge in [0.05, 0.1) is 10.5 Å². The molecule has 0 radical (unpaired) electrons. The lowest BCUT2D eigenvalue weighted by Gasteiger charge is -2.16. The van der Waals surface area contributed by atoms with Crippen LogP contribution in [0.5, 0.6) is 5.75 Å². The minimum Gasteiger partial charge on any atom is -0.507 e. The number of benzene rings is 1. The standard InChI is InChI=1S/C9H9F2NO4/c10-9(11,3-4-13)7-5-6(12(15)16)1-2-8(7)14/h1-2,5,13-14H,3-4H2. The lowest BCUT2D eigenvalue weighted by molar-refractivity contribution is -0.385. The van der Waals surface area contributed by atoms with Crippen LogP contribution in [0.25, 0.3) is 0 Å². The number of rotatable bonds is 4. The summed E-state index contributed by atoms with van der Waals surface area (Å²) in [5.41, 5.74) is -1.39. The second kappa shape index (κ2) is 4.40. The molecule has 0 aliphatic heterocycles. The topological polar surface area (TPSA) is 83.6 Å². The van der Waals surface area contributed by atoms with Gasteiger partial charge in [0, 0.05) is 25.2 Å². The van der Waals surface area contributed by atoms with Gasteiger partial charge >= 0.3 is 0 Å². The highest BCUT2D eigenvalue weighted by Gasteiger charge is 2.35. The van der Waals surface area contributed by atoms with Crippen molar-refractivity contribution >= 4 is 5.69 Å². The highest BCUT2D eigenvalue weighted by Crippen LogP contribution is 2.38. The molecule has 0 atom stereocenters. The molecule has 0 bridgehead atoms. The van der Waals surface area contributed by atoms with E-state index < -0.39 is 40.9 Å². The number of hydrogen-bond acceptors (Lipinski definition) is 4. The van der Waals surface area contributed by atoms with Crippen LogP contribution in [0.3, 0.4) is 0 Å². The van der Waals surface area contributed by atoms with Gasteiger partial charge in [-0.2, -0.15) is 0 Å². The van der Waals surface area contributed by atoms with Crippen LogP contribution in [0.15, 0.2) is 18.2 Å². The molecule has 0 heterocycles. The first-order valence-corrected chi connectivity index (χ1v) is 4.35. The lowest BCUT2D eigenvalue weighted by Crippen LogP contribution is -2.15. The summed E-state index contributed by atoms with van der Waals surface area (Å²) in [6.45, 7) is -0.783. The molecule has 0 unspecified atom stereocenters. The molecule has 0 fully saturated rings. The fourth-order valence-corrected chi connectivity index (χ4v) is 1.21. The van der Waals surface area contributed by atoms with Gasteiger partial charge in [0.25, 0.3) is 11.6 Å². The van der Waals surface area contributed by atoms with Crippen LogP contribution in [0.1, 0.15) is 12.0 Å². The normalized spacial score (nSPS) is 11.4. The summed E-state index contributed by atoms with van der Waals surface area (Å²) < 4.78 is 26.6. The molecule has 0 spiro atoms. The Morgan fingerprint density at radius 1 is 1.44 bits per heavy atom. The van der Waals surface area contributed by atoms with Crippen LogP contribution < -0.4 is 0 Å². The molecule has 16 heavy (non-hydrogen) atoms. The van der Waals surface area contributed by atoms with E-state index in [0.29, 0.717) is 6.07 Å². The van der Waals surface area contributed by atoms with Gasteiger partial charge in [-0.1, -0.05) is 0 Å². The Hall–Kier alpha value is -1.76. The lowest BCUT2D eigenvalue weighted by atomic mass is 10.0. The molecular weight excluding hydrogens is 224 g/mol. The van der Waals surface area contributed by atoms with Gasteiger partial charge in [-0.05, 0) is 6.07 Å². The number of non-ortho nitro benzene ring substituents is 1. The Kier molecular flexibility index (Phi) is 3.38. The zero-order valence-corrected chi connectivity index (χ0v) is 8.06. The van der Waals surface area contributed by atoms with Gasteiger partial charge in [0.2, 0.25) is 0 Å². The van der Waals surface area contributed by atoms with Gasteiger partial charge in [0.15, 0.2) is 0 Å². The van der Waals surface area contributed by atoms with Crippen molar-refractivity contribution in [2.75, 3.05) is 6.61 Å². The number of nitrogens with zero attached hydrogens (tertiary/aromatic N) is 1. The molecule has 1 aromatic rings. The number of alkyl halides is 2. The zero-order chi connectivity index (χ0) is 12.3. The maximum absolute atomic E-state index is 13.3. The number of hydrogen-bond donors (Lipinski definition) is 2. The van der Waals surface area contributed by atoms with Crippen molar-refractivity contribution in [2.45, 2.75) is 12.3 Å². The fourth-order valence-electron chi connectivity index (χ4n) is 1.21. The molecule has 5 nitrogen and oxygen atoms in total. The van der Waals surface area contributed by atoms with E-state index in [0.717, 1.165) is 12.1 Å². The molecule has 7 heteroatoms. The first-order valence-electron chi connectivity index (χ1n) is 4.35. The SMILES string of the molecule is O=[N+]([O-])c1ccc(O)c(C(F)(F)CCO)c1. The molecule has 0 amide bonds. The molecule has 2 N–H and O–H groups in total. The summed E-state index contributed by atoms with van der Waals surface area (Å²) in [6, 6.07) is 2.36. The summed E-state index contributed by atoms with van der Waals surface area (Å²) in [7, 11) is 0. The van der Waals surface area contributed by atoms with Gasteiger partial charge < -0.3 is 10.2 Å². The van der Waals surface area contributed by atoms with Gasteiger partial charge in [-0.25, -0.2) is 8.78 Å². The average Bonchev–Trinajstić information content (AvgIpc) is 2.17. The van der Waals surface area contributed by atoms with Crippen molar-refractivity contribution < 1.29 is 23.9 Å². The highest BCUT2D eigenvalue weighted by molar-refractivity contribution is 5.45. The second-order valence-corrected chi connectivity index (χ2v) is 3.14. The number of nitro groups is 1. The molecule has 0 saturated carbocycles. The van der Waals surface area contributed by atoms with E-state index >= 15 is 0 Å². The Morgan fingerprint density at radius 2 is 2.06 bits per heavy atom. The van der Waals surface area contributed by atoms with E-state index in [-0.39, 0.29) is 0 Å². The highest BCUT2D eigenvalue weighted by atomic mass is 19.3. The third kappa shape index (κ3) is 2.43. The number of aliphatic hydroxyl groups is 1. The van der Waals surface area contributed by atoms with Crippen molar-refractivity contribution in [1.29, 1.82) is 0 Å². The zero-order valence-electron chi connectivity index (χ0n) is 8.06. The summed E-state index contributed by atoms with van der Waals surface area (Å²) in [5, 5.41) is 28.0. The predicted octanol–water partition coefficient (Wildman–Crippen LogP) is 1.77. The van der Waals surface area contributed by atoms with E-state index in [1.165, 1.54) is 0 Å². The molecular formula is C9H9F2NO4. The molecule has 1 rings (SSSR count). The Balaban J connectivity index is 3.21. The van der Waals surface area contributed by atoms with Crippen LogP contribution >= 0.6 is 0 Å². The largest absolute Gasteiger partial charge is 0.507 e. The molecule has 0 saturated heterocycles. The van der Waals surface area contributed by atoms with Crippen molar-refractivity contribution in [3.8, 4) is 5.75 Å². The first-order chi connectivity index (χ1) is 7.38. The molecule has 0 aliphatic rings. The van der Waals surface area contributed by atoms with Gasteiger partial charge in [-0.15, -0.1) is 0 Å². The smallest absolute Gasteiger partial charge is 0.279 e. The first kappa shape index (κ1) is 12.3. The summed E-state index contributed by atoms with van der Waals surface area (Å²) in [6.07, 6.45) is -0.901. The van der Waals surface area contributed by atoms with Crippen LogP contribution in [0, 0.1) is 10.1 Å². The quantitative estimate of drug-likeness (QED) is 0.613. The van der Waals surface area contributed by atoms with E-state index in [9.17, 15) is 24.0 Å². The maximum atomic E-state index is 13.3. The third-order valence-corrected chi connectivity index (χ3v) is 2.01. The molecule has 0 aromatic heterocycles. The maximum Gasteiger partial charge on any atom is 0.279 e. The minimum absolute atomic E-state index is 0.537. The van der Waals surface area contributed by atoms with E-state index in [1.54, 1.807) is 0 Å². The van der Waals surface area contributed by atoms with Crippen LogP contribution in [-0.4, -0.2) is 21.7 Å². The van der Waals surface area contributed by atoms with Crippen molar-refractivity contribution in [2.24, 2.45) is 0 Å². The van der Waals surface area contributed by atoms with Crippen LogP contribution in [0.4, 0.5) is 14.5 Å². The molecule has 0 aliphatic carbocycles. The monoisotopic (exact) mass is 233 g/mol. The summed E-state index contributed by atoms with van der Waals surface area (Å²) >= 11 is 0. The number of phenolic OH excluding ortho intramolecular Hbond substituents is 1.